The van der Waals surface area contributed by atoms with Crippen LogP contribution in [0.3, 0.4) is 0 Å². The number of aromatic nitrogens is 5. The highest BCUT2D eigenvalue weighted by Gasteiger charge is 2.42. The van der Waals surface area contributed by atoms with Gasteiger partial charge in [0.2, 0.25) is 0 Å². The minimum Gasteiger partial charge on any atom is -0.277 e. The lowest BCUT2D eigenvalue weighted by Crippen LogP contribution is -2.24. The van der Waals surface area contributed by atoms with E-state index in [1.54, 1.807) is 19.9 Å². The van der Waals surface area contributed by atoms with Crippen molar-refractivity contribution in [3.05, 3.63) is 86.3 Å². The maximum atomic E-state index is 16.1. The Kier molecular flexibility index (Phi) is 7.07. The number of aryl methyl sites for hydroxylation is 2. The molecule has 0 spiro atoms. The molecule has 0 saturated heterocycles. The van der Waals surface area contributed by atoms with E-state index in [-0.39, 0.29) is 33.7 Å². The molecule has 0 aliphatic heterocycles. The molecule has 4 aromatic heterocycles. The van der Waals surface area contributed by atoms with Gasteiger partial charge in [0.1, 0.15) is 10.7 Å². The van der Waals surface area contributed by atoms with Gasteiger partial charge in [-0.05, 0) is 60.9 Å². The molecule has 5 rings (SSSR count). The molecule has 0 N–H and O–H groups in total. The second-order valence-electron chi connectivity index (χ2n) is 9.59. The van der Waals surface area contributed by atoms with Gasteiger partial charge in [0, 0.05) is 43.2 Å². The predicted octanol–water partition coefficient (Wildman–Crippen LogP) is 5.79. The molecular formula is C26H23ClF4N6O2S. The first kappa shape index (κ1) is 28.0. The van der Waals surface area contributed by atoms with Crippen LogP contribution in [0.5, 0.6) is 0 Å². The maximum absolute atomic E-state index is 16.1. The van der Waals surface area contributed by atoms with E-state index in [4.69, 9.17) is 11.6 Å². The molecule has 3 atom stereocenters. The lowest BCUT2D eigenvalue weighted by Gasteiger charge is -2.18. The summed E-state index contributed by atoms with van der Waals surface area (Å²) in [6.45, 7) is 0.389. The molecule has 0 amide bonds. The van der Waals surface area contributed by atoms with Crippen LogP contribution in [-0.2, 0) is 9.73 Å². The number of alkyl halides is 2. The zero-order chi connectivity index (χ0) is 29.1. The molecule has 0 unspecified atom stereocenters. The Hall–Kier alpha value is -3.58. The molecule has 4 aromatic rings. The monoisotopic (exact) mass is 594 g/mol. The first-order chi connectivity index (χ1) is 18.9. The van der Waals surface area contributed by atoms with Crippen molar-refractivity contribution in [1.29, 1.82) is 0 Å². The van der Waals surface area contributed by atoms with Crippen molar-refractivity contribution in [2.75, 3.05) is 13.3 Å². The summed E-state index contributed by atoms with van der Waals surface area (Å²) in [6.07, 6.45) is 6.91. The van der Waals surface area contributed by atoms with E-state index < -0.39 is 44.2 Å². The average Bonchev–Trinajstić information content (AvgIpc) is 3.54. The average molecular weight is 595 g/mol. The molecule has 1 saturated carbocycles. The van der Waals surface area contributed by atoms with Crippen molar-refractivity contribution in [3.63, 3.8) is 0 Å². The van der Waals surface area contributed by atoms with Crippen LogP contribution in [0.15, 0.2) is 51.1 Å². The van der Waals surface area contributed by atoms with Crippen LogP contribution in [0.25, 0.3) is 16.9 Å². The lowest BCUT2D eigenvalue weighted by atomic mass is 10.1. The molecule has 210 valence electrons. The van der Waals surface area contributed by atoms with Crippen LogP contribution in [0, 0.1) is 25.5 Å². The zero-order valence-electron chi connectivity index (χ0n) is 21.7. The molecule has 40 heavy (non-hydrogen) atoms. The number of hydrogen-bond donors (Lipinski definition) is 0. The topological polar surface area (TPSA) is 95.0 Å². The lowest BCUT2D eigenvalue weighted by molar-refractivity contribution is 0.0565. The fourth-order valence-corrected chi connectivity index (χ4v) is 5.98. The van der Waals surface area contributed by atoms with Crippen molar-refractivity contribution in [1.82, 2.24) is 24.3 Å². The minimum absolute atomic E-state index is 0.135. The summed E-state index contributed by atoms with van der Waals surface area (Å²) < 4.78 is 75.4. The second kappa shape index (κ2) is 10.1. The fourth-order valence-electron chi connectivity index (χ4n) is 4.83. The number of hydrogen-bond acceptors (Lipinski definition) is 6. The third kappa shape index (κ3) is 4.60. The highest BCUT2D eigenvalue weighted by atomic mass is 35.5. The molecule has 8 nitrogen and oxygen atoms in total. The van der Waals surface area contributed by atoms with Crippen LogP contribution in [0.2, 0.25) is 5.02 Å². The van der Waals surface area contributed by atoms with Crippen LogP contribution >= 0.6 is 11.6 Å². The Balaban J connectivity index is 1.59. The summed E-state index contributed by atoms with van der Waals surface area (Å²) in [5.41, 5.74) is 0.219. The minimum atomic E-state index is -3.17. The van der Waals surface area contributed by atoms with Crippen LogP contribution in [0.4, 0.5) is 17.6 Å². The molecule has 0 bridgehead atoms. The molecular weight excluding hydrogens is 572 g/mol. The number of pyridine rings is 3. The fraction of sp³-hybridized carbons (Fsp3) is 0.308. The number of rotatable bonds is 6. The number of nitrogens with zero attached hydrogens (tertiary/aromatic N) is 6. The van der Waals surface area contributed by atoms with Gasteiger partial charge in [-0.3, -0.25) is 14.3 Å². The van der Waals surface area contributed by atoms with E-state index in [9.17, 15) is 17.8 Å². The van der Waals surface area contributed by atoms with E-state index in [1.165, 1.54) is 44.2 Å². The van der Waals surface area contributed by atoms with Gasteiger partial charge in [-0.2, -0.15) is 13.9 Å². The Morgan fingerprint density at radius 1 is 1.15 bits per heavy atom. The molecule has 0 radical (unpaired) electrons. The second-order valence-corrected chi connectivity index (χ2v) is 12.3. The summed E-state index contributed by atoms with van der Waals surface area (Å²) in [6, 6.07) is 2.86. The SMILES string of the molecule is CN=[S@@](C)(=O)c1nccc(-c2ncc(C)c(-n3c(C)cc([C@H]4C[C@@H]4c4cnn(C(F)F)c4)c(Cl)c3=O)c2F)c1F. The Morgan fingerprint density at radius 2 is 1.88 bits per heavy atom. The zero-order valence-corrected chi connectivity index (χ0v) is 23.3. The Labute approximate surface area is 231 Å². The van der Waals surface area contributed by atoms with Gasteiger partial charge >= 0.3 is 6.55 Å². The van der Waals surface area contributed by atoms with E-state index in [0.717, 1.165) is 4.57 Å². The van der Waals surface area contributed by atoms with Crippen molar-refractivity contribution in [3.8, 4) is 16.9 Å². The summed E-state index contributed by atoms with van der Waals surface area (Å²) in [5, 5.41) is 3.10. The van der Waals surface area contributed by atoms with E-state index >= 15 is 8.78 Å². The molecule has 4 heterocycles. The standard InChI is InChI=1S/C26H23ClF4N6O2S/c1-12-9-34-22(15-5-6-33-24(20(15)28)40(4,39)32-3)21(29)23(12)37-13(2)7-18(19(27)25(37)38)17-8-16(17)14-10-35-36(11-14)26(30)31/h5-7,9-11,16-17,26H,8H2,1-4H3/t16-,17+,40+/m1/s1. The van der Waals surface area contributed by atoms with E-state index in [1.807, 2.05) is 0 Å². The van der Waals surface area contributed by atoms with Crippen LogP contribution in [0.1, 0.15) is 47.2 Å². The summed E-state index contributed by atoms with van der Waals surface area (Å²) in [4.78, 5) is 21.4. The predicted molar refractivity (Wildman–Crippen MR) is 142 cm³/mol. The molecule has 1 fully saturated rings. The first-order valence-electron chi connectivity index (χ1n) is 12.0. The van der Waals surface area contributed by atoms with Gasteiger partial charge in [-0.15, -0.1) is 0 Å². The summed E-state index contributed by atoms with van der Waals surface area (Å²) in [7, 11) is -1.91. The summed E-state index contributed by atoms with van der Waals surface area (Å²) in [5.74, 6) is -2.35. The molecule has 0 aromatic carbocycles. The van der Waals surface area contributed by atoms with Gasteiger partial charge in [-0.1, -0.05) is 11.6 Å². The molecule has 1 aliphatic carbocycles. The van der Waals surface area contributed by atoms with Crippen molar-refractivity contribution >= 4 is 21.3 Å². The van der Waals surface area contributed by atoms with Crippen molar-refractivity contribution in [2.24, 2.45) is 4.36 Å². The van der Waals surface area contributed by atoms with Gasteiger partial charge in [0.25, 0.3) is 5.56 Å². The normalized spacial score (nSPS) is 18.1. The highest BCUT2D eigenvalue weighted by molar-refractivity contribution is 7.92. The largest absolute Gasteiger partial charge is 0.333 e. The third-order valence-corrected chi connectivity index (χ3v) is 9.10. The van der Waals surface area contributed by atoms with Crippen LogP contribution in [-0.4, -0.2) is 41.8 Å². The molecule has 14 heteroatoms. The Morgan fingerprint density at radius 3 is 2.52 bits per heavy atom. The van der Waals surface area contributed by atoms with Gasteiger partial charge in [-0.25, -0.2) is 27.0 Å². The third-order valence-electron chi connectivity index (χ3n) is 7.02. The molecule has 1 aliphatic rings. The number of halogens is 5. The first-order valence-corrected chi connectivity index (χ1v) is 14.3. The quantitative estimate of drug-likeness (QED) is 0.263. The summed E-state index contributed by atoms with van der Waals surface area (Å²) >= 11 is 6.51. The van der Waals surface area contributed by atoms with Gasteiger partial charge in [0.05, 0.1) is 21.6 Å². The Bertz CT molecular complexity index is 1850. The maximum Gasteiger partial charge on any atom is 0.333 e. The van der Waals surface area contributed by atoms with Gasteiger partial charge < -0.3 is 0 Å². The van der Waals surface area contributed by atoms with E-state index in [2.05, 4.69) is 19.4 Å². The van der Waals surface area contributed by atoms with Crippen molar-refractivity contribution in [2.45, 2.75) is 43.7 Å². The van der Waals surface area contributed by atoms with Crippen molar-refractivity contribution < 1.29 is 21.8 Å². The van der Waals surface area contributed by atoms with Gasteiger partial charge in [0.15, 0.2) is 16.7 Å². The smallest absolute Gasteiger partial charge is 0.277 e. The van der Waals surface area contributed by atoms with E-state index in [0.29, 0.717) is 27.9 Å². The van der Waals surface area contributed by atoms with Crippen LogP contribution < -0.4 is 5.56 Å². The highest BCUT2D eigenvalue weighted by Crippen LogP contribution is 2.56.